The highest BCUT2D eigenvalue weighted by Crippen LogP contribution is 2.30. The molecular weight excluding hydrogens is 505 g/mol. The fourth-order valence-electron chi connectivity index (χ4n) is 4.94. The first-order chi connectivity index (χ1) is 19.3. The van der Waals surface area contributed by atoms with E-state index in [1.165, 1.54) is 55.7 Å². The van der Waals surface area contributed by atoms with Gasteiger partial charge >= 0.3 is 0 Å². The summed E-state index contributed by atoms with van der Waals surface area (Å²) in [5.41, 5.74) is 14.3. The number of hydrogen-bond donors (Lipinski definition) is 1. The van der Waals surface area contributed by atoms with Gasteiger partial charge in [-0.25, -0.2) is 4.39 Å². The number of allylic oxidation sites excluding steroid dienone is 6. The topological polar surface area (TPSA) is 42.2 Å². The van der Waals surface area contributed by atoms with E-state index in [9.17, 15) is 4.39 Å². The van der Waals surface area contributed by atoms with E-state index in [1.54, 1.807) is 12.1 Å². The van der Waals surface area contributed by atoms with E-state index in [0.29, 0.717) is 6.42 Å². The first kappa shape index (κ1) is 33.2. The molecule has 2 aromatic carbocycles. The van der Waals surface area contributed by atoms with E-state index in [4.69, 9.17) is 0 Å². The van der Waals surface area contributed by atoms with Crippen molar-refractivity contribution in [1.82, 2.24) is 9.88 Å². The summed E-state index contributed by atoms with van der Waals surface area (Å²) >= 11 is 0. The van der Waals surface area contributed by atoms with Crippen LogP contribution in [0.4, 0.5) is 4.39 Å². The third kappa shape index (κ3) is 10.1. The van der Waals surface area contributed by atoms with E-state index in [-0.39, 0.29) is 13.2 Å². The number of nitrogens with two attached hydrogens (primary N) is 1. The van der Waals surface area contributed by atoms with Gasteiger partial charge in [-0.1, -0.05) is 81.7 Å². The highest BCUT2D eigenvalue weighted by molar-refractivity contribution is 5.84. The maximum Gasteiger partial charge on any atom is 0.123 e. The quantitative estimate of drug-likeness (QED) is 0.270. The molecule has 2 heterocycles. The van der Waals surface area contributed by atoms with Gasteiger partial charge in [-0.2, -0.15) is 0 Å². The van der Waals surface area contributed by atoms with Crippen molar-refractivity contribution >= 4 is 5.57 Å². The predicted octanol–water partition coefficient (Wildman–Crippen LogP) is 9.22. The molecule has 1 saturated heterocycles. The second kappa shape index (κ2) is 16.9. The molecule has 216 valence electrons. The van der Waals surface area contributed by atoms with Crippen LogP contribution < -0.4 is 5.73 Å². The van der Waals surface area contributed by atoms with Crippen molar-refractivity contribution in [1.29, 1.82) is 0 Å². The third-order valence-electron chi connectivity index (χ3n) is 7.02. The van der Waals surface area contributed by atoms with E-state index in [1.807, 2.05) is 31.5 Å². The molecule has 0 saturated carbocycles. The van der Waals surface area contributed by atoms with E-state index in [0.717, 1.165) is 45.5 Å². The van der Waals surface area contributed by atoms with Crippen LogP contribution in [-0.4, -0.2) is 23.0 Å². The molecule has 1 fully saturated rings. The predicted molar refractivity (Wildman–Crippen MR) is 176 cm³/mol. The second-order valence-electron chi connectivity index (χ2n) is 10.2. The van der Waals surface area contributed by atoms with Crippen molar-refractivity contribution < 1.29 is 4.39 Å². The summed E-state index contributed by atoms with van der Waals surface area (Å²) in [6, 6.07) is 15.5. The molecular formula is C37H46FN3. The smallest absolute Gasteiger partial charge is 0.123 e. The van der Waals surface area contributed by atoms with Crippen LogP contribution in [0.25, 0.3) is 16.7 Å². The molecule has 0 amide bonds. The van der Waals surface area contributed by atoms with Crippen LogP contribution >= 0.6 is 0 Å². The largest absolute Gasteiger partial charge is 0.405 e. The average molecular weight is 552 g/mol. The fourth-order valence-corrected chi connectivity index (χ4v) is 4.94. The standard InChI is InChI=1S/C34H37FN2.C2H5N.CH4/c1-5-30(14-12-25(2)18-28-10-9-11-33(35)20-28)27(4)34-21-31(15-13-26(34)3)32-19-29(22-36-23-32)24-37-16-7-6-8-17-37;1-2-3;/h5,9-15,19-23H,2,4,6-8,16-18,24H2,1,3H3;2H,1,3H2;1H4/b14-12-,30-5+;;. The van der Waals surface area contributed by atoms with Crippen LogP contribution in [0.5, 0.6) is 0 Å². The molecule has 1 aliphatic rings. The minimum absolute atomic E-state index is 0. The van der Waals surface area contributed by atoms with Gasteiger partial charge in [0.1, 0.15) is 5.82 Å². The maximum atomic E-state index is 13.5. The van der Waals surface area contributed by atoms with Crippen LogP contribution in [0.3, 0.4) is 0 Å². The highest BCUT2D eigenvalue weighted by atomic mass is 19.1. The number of likely N-dealkylation sites (tertiary alicyclic amines) is 1. The molecule has 1 aromatic heterocycles. The van der Waals surface area contributed by atoms with Crippen LogP contribution in [0, 0.1) is 12.7 Å². The van der Waals surface area contributed by atoms with Crippen molar-refractivity contribution in [3.05, 3.63) is 144 Å². The minimum atomic E-state index is -0.223. The molecule has 3 aromatic rings. The van der Waals surface area contributed by atoms with Gasteiger partial charge in [0.2, 0.25) is 0 Å². The van der Waals surface area contributed by atoms with Gasteiger partial charge in [0.05, 0.1) is 0 Å². The number of nitrogens with zero attached hydrogens (tertiary/aromatic N) is 2. The minimum Gasteiger partial charge on any atom is -0.405 e. The SMILES string of the molecule is C.C=C(/C=C\C(=C/C)C(=C)c1cc(-c2cncc(CN3CCCCC3)c2)ccc1C)Cc1cccc(F)c1.C=CN. The van der Waals surface area contributed by atoms with E-state index >= 15 is 0 Å². The van der Waals surface area contributed by atoms with Crippen LogP contribution in [0.2, 0.25) is 0 Å². The number of hydrogen-bond acceptors (Lipinski definition) is 3. The summed E-state index contributed by atoms with van der Waals surface area (Å²) in [5.74, 6) is -0.223. The molecule has 3 nitrogen and oxygen atoms in total. The summed E-state index contributed by atoms with van der Waals surface area (Å²) in [6.45, 7) is 19.2. The molecule has 41 heavy (non-hydrogen) atoms. The van der Waals surface area contributed by atoms with Crippen LogP contribution in [0.1, 0.15) is 55.9 Å². The molecule has 2 N–H and O–H groups in total. The lowest BCUT2D eigenvalue weighted by molar-refractivity contribution is 0.220. The Hall–Kier alpha value is -4.02. The van der Waals surface area contributed by atoms with Gasteiger partial charge in [-0.3, -0.25) is 9.88 Å². The molecule has 4 rings (SSSR count). The van der Waals surface area contributed by atoms with E-state index in [2.05, 4.69) is 78.7 Å². The molecule has 4 heteroatoms. The van der Waals surface area contributed by atoms with Gasteiger partial charge in [0.25, 0.3) is 0 Å². The number of rotatable bonds is 9. The van der Waals surface area contributed by atoms with Crippen molar-refractivity contribution in [2.24, 2.45) is 5.73 Å². The zero-order valence-corrected chi connectivity index (χ0v) is 24.0. The van der Waals surface area contributed by atoms with Crippen molar-refractivity contribution in [2.75, 3.05) is 13.1 Å². The van der Waals surface area contributed by atoms with Crippen molar-refractivity contribution in [3.8, 4) is 11.1 Å². The number of aromatic nitrogens is 1. The molecule has 0 radical (unpaired) electrons. The first-order valence-corrected chi connectivity index (χ1v) is 13.9. The Morgan fingerprint density at radius 2 is 1.71 bits per heavy atom. The first-order valence-electron chi connectivity index (χ1n) is 13.9. The zero-order chi connectivity index (χ0) is 28.9. The molecule has 1 aliphatic heterocycles. The van der Waals surface area contributed by atoms with Crippen LogP contribution in [-0.2, 0) is 13.0 Å². The number of benzene rings is 2. The summed E-state index contributed by atoms with van der Waals surface area (Å²) in [7, 11) is 0. The highest BCUT2D eigenvalue weighted by Gasteiger charge is 2.12. The van der Waals surface area contributed by atoms with Gasteiger partial charge in [-0.15, -0.1) is 0 Å². The Balaban J connectivity index is 0.00000141. The fraction of sp³-hybridized carbons (Fsp3) is 0.270. The van der Waals surface area contributed by atoms with Gasteiger partial charge < -0.3 is 5.73 Å². The molecule has 0 spiro atoms. The maximum absolute atomic E-state index is 13.5. The molecule has 0 atom stereocenters. The summed E-state index contributed by atoms with van der Waals surface area (Å²) in [4.78, 5) is 7.09. The lowest BCUT2D eigenvalue weighted by atomic mass is 9.91. The zero-order valence-electron chi connectivity index (χ0n) is 24.0. The normalized spacial score (nSPS) is 13.6. The Morgan fingerprint density at radius 1 is 0.976 bits per heavy atom. The Morgan fingerprint density at radius 3 is 2.39 bits per heavy atom. The van der Waals surface area contributed by atoms with Crippen molar-refractivity contribution in [2.45, 2.75) is 53.5 Å². The lowest BCUT2D eigenvalue weighted by Crippen LogP contribution is -2.29. The monoisotopic (exact) mass is 551 g/mol. The molecule has 0 unspecified atom stereocenters. The molecule has 0 aliphatic carbocycles. The average Bonchev–Trinajstić information content (AvgIpc) is 2.95. The molecule has 0 bridgehead atoms. The Bertz CT molecular complexity index is 1380. The van der Waals surface area contributed by atoms with Crippen LogP contribution in [0.15, 0.2) is 116 Å². The third-order valence-corrected chi connectivity index (χ3v) is 7.02. The Labute approximate surface area is 247 Å². The number of halogens is 1. The second-order valence-corrected chi connectivity index (χ2v) is 10.2. The van der Waals surface area contributed by atoms with E-state index < -0.39 is 0 Å². The van der Waals surface area contributed by atoms with Gasteiger partial charge in [0.15, 0.2) is 0 Å². The van der Waals surface area contributed by atoms with Gasteiger partial charge in [-0.05, 0) is 116 Å². The Kier molecular flexibility index (Phi) is 13.7. The number of piperidine rings is 1. The van der Waals surface area contributed by atoms with Gasteiger partial charge in [0, 0.05) is 24.5 Å². The lowest BCUT2D eigenvalue weighted by Gasteiger charge is -2.26. The number of pyridine rings is 1. The number of aryl methyl sites for hydroxylation is 1. The summed E-state index contributed by atoms with van der Waals surface area (Å²) in [6.07, 6.45) is 15.8. The summed E-state index contributed by atoms with van der Waals surface area (Å²) in [5, 5.41) is 0. The summed E-state index contributed by atoms with van der Waals surface area (Å²) < 4.78 is 13.5. The van der Waals surface area contributed by atoms with Crippen molar-refractivity contribution in [3.63, 3.8) is 0 Å².